The standard InChI is InChI=1S/C11H15N3O3/c1-7(2)3-9(11(16)17)14-10(15)8-4-12-6-13-5-8/h4-7,9H,3H2,1-2H3,(H,14,15)(H,16,17)/t9-/m1/s1. The van der Waals surface area contributed by atoms with Crippen molar-refractivity contribution >= 4 is 11.9 Å². The fourth-order valence-electron chi connectivity index (χ4n) is 1.35. The molecule has 17 heavy (non-hydrogen) atoms. The van der Waals surface area contributed by atoms with Crippen LogP contribution in [0, 0.1) is 5.92 Å². The van der Waals surface area contributed by atoms with Gasteiger partial charge in [0.2, 0.25) is 0 Å². The van der Waals surface area contributed by atoms with Crippen molar-refractivity contribution in [1.82, 2.24) is 15.3 Å². The molecule has 1 aromatic heterocycles. The molecule has 0 saturated carbocycles. The second kappa shape index (κ2) is 5.93. The molecule has 0 spiro atoms. The first-order valence-electron chi connectivity index (χ1n) is 5.29. The van der Waals surface area contributed by atoms with Gasteiger partial charge in [0.05, 0.1) is 5.56 Å². The third-order valence-corrected chi connectivity index (χ3v) is 2.13. The van der Waals surface area contributed by atoms with E-state index >= 15 is 0 Å². The van der Waals surface area contributed by atoms with E-state index in [1.165, 1.54) is 18.7 Å². The molecule has 0 aromatic carbocycles. The normalized spacial score (nSPS) is 12.2. The van der Waals surface area contributed by atoms with Crippen molar-refractivity contribution in [2.24, 2.45) is 5.92 Å². The molecular weight excluding hydrogens is 222 g/mol. The molecule has 0 fully saturated rings. The first-order chi connectivity index (χ1) is 8.00. The number of amides is 1. The van der Waals surface area contributed by atoms with Gasteiger partial charge in [-0.1, -0.05) is 13.8 Å². The molecule has 0 aliphatic rings. The summed E-state index contributed by atoms with van der Waals surface area (Å²) >= 11 is 0. The third-order valence-electron chi connectivity index (χ3n) is 2.13. The SMILES string of the molecule is CC(C)C[C@@H](NC(=O)c1cncnc1)C(=O)O. The smallest absolute Gasteiger partial charge is 0.326 e. The van der Waals surface area contributed by atoms with Crippen LogP contribution in [0.25, 0.3) is 0 Å². The molecule has 0 aliphatic carbocycles. The summed E-state index contributed by atoms with van der Waals surface area (Å²) in [6.07, 6.45) is 4.38. The number of hydrogen-bond acceptors (Lipinski definition) is 4. The Morgan fingerprint density at radius 3 is 2.41 bits per heavy atom. The van der Waals surface area contributed by atoms with Crippen LogP contribution in [0.1, 0.15) is 30.6 Å². The van der Waals surface area contributed by atoms with E-state index in [1.807, 2.05) is 13.8 Å². The van der Waals surface area contributed by atoms with Crippen LogP contribution in [0.5, 0.6) is 0 Å². The molecule has 1 atom stereocenters. The van der Waals surface area contributed by atoms with Gasteiger partial charge in [-0.05, 0) is 12.3 Å². The number of carbonyl (C=O) groups excluding carboxylic acids is 1. The van der Waals surface area contributed by atoms with Crippen LogP contribution in [0.2, 0.25) is 0 Å². The minimum absolute atomic E-state index is 0.184. The molecule has 1 aromatic rings. The van der Waals surface area contributed by atoms with Gasteiger partial charge in [0.1, 0.15) is 12.4 Å². The van der Waals surface area contributed by atoms with E-state index in [9.17, 15) is 9.59 Å². The van der Waals surface area contributed by atoms with Gasteiger partial charge in [0.15, 0.2) is 0 Å². The molecule has 92 valence electrons. The number of nitrogens with one attached hydrogen (secondary N) is 1. The second-order valence-electron chi connectivity index (χ2n) is 4.12. The van der Waals surface area contributed by atoms with Crippen LogP contribution in [0.4, 0.5) is 0 Å². The minimum Gasteiger partial charge on any atom is -0.480 e. The molecule has 1 amide bonds. The fourth-order valence-corrected chi connectivity index (χ4v) is 1.35. The van der Waals surface area contributed by atoms with Gasteiger partial charge in [-0.2, -0.15) is 0 Å². The summed E-state index contributed by atoms with van der Waals surface area (Å²) in [4.78, 5) is 30.0. The Bertz CT molecular complexity index is 392. The van der Waals surface area contributed by atoms with E-state index in [0.717, 1.165) is 0 Å². The van der Waals surface area contributed by atoms with Gasteiger partial charge < -0.3 is 10.4 Å². The molecule has 6 heteroatoms. The number of hydrogen-bond donors (Lipinski definition) is 2. The van der Waals surface area contributed by atoms with E-state index in [0.29, 0.717) is 6.42 Å². The number of rotatable bonds is 5. The molecule has 6 nitrogen and oxygen atoms in total. The summed E-state index contributed by atoms with van der Waals surface area (Å²) in [5.41, 5.74) is 0.252. The monoisotopic (exact) mass is 237 g/mol. The zero-order chi connectivity index (χ0) is 12.8. The number of carboxylic acids is 1. The van der Waals surface area contributed by atoms with Gasteiger partial charge in [-0.25, -0.2) is 14.8 Å². The minimum atomic E-state index is -1.04. The Morgan fingerprint density at radius 2 is 1.94 bits per heavy atom. The highest BCUT2D eigenvalue weighted by Crippen LogP contribution is 2.06. The van der Waals surface area contributed by atoms with Crippen LogP contribution < -0.4 is 5.32 Å². The van der Waals surface area contributed by atoms with Crippen LogP contribution in [-0.4, -0.2) is 33.0 Å². The lowest BCUT2D eigenvalue weighted by molar-refractivity contribution is -0.139. The van der Waals surface area contributed by atoms with Gasteiger partial charge in [-0.15, -0.1) is 0 Å². The Labute approximate surface area is 99.1 Å². The number of aromatic nitrogens is 2. The molecule has 0 radical (unpaired) electrons. The van der Waals surface area contributed by atoms with Crippen molar-refractivity contribution in [2.45, 2.75) is 26.3 Å². The van der Waals surface area contributed by atoms with Gasteiger partial charge >= 0.3 is 5.97 Å². The highest BCUT2D eigenvalue weighted by atomic mass is 16.4. The van der Waals surface area contributed by atoms with Crippen molar-refractivity contribution in [3.63, 3.8) is 0 Å². The average molecular weight is 237 g/mol. The zero-order valence-corrected chi connectivity index (χ0v) is 9.75. The van der Waals surface area contributed by atoms with Crippen molar-refractivity contribution in [1.29, 1.82) is 0 Å². The van der Waals surface area contributed by atoms with E-state index in [2.05, 4.69) is 15.3 Å². The quantitative estimate of drug-likeness (QED) is 0.786. The molecule has 0 aliphatic heterocycles. The first kappa shape index (κ1) is 13.1. The second-order valence-corrected chi connectivity index (χ2v) is 4.12. The van der Waals surface area contributed by atoms with Crippen LogP contribution in [-0.2, 0) is 4.79 Å². The zero-order valence-electron chi connectivity index (χ0n) is 9.75. The largest absolute Gasteiger partial charge is 0.480 e. The van der Waals surface area contributed by atoms with Crippen molar-refractivity contribution in [3.8, 4) is 0 Å². The van der Waals surface area contributed by atoms with Crippen LogP contribution in [0.15, 0.2) is 18.7 Å². The highest BCUT2D eigenvalue weighted by Gasteiger charge is 2.21. The molecule has 0 unspecified atom stereocenters. The molecule has 0 saturated heterocycles. The van der Waals surface area contributed by atoms with E-state index in [4.69, 9.17) is 5.11 Å². The maximum atomic E-state index is 11.7. The predicted molar refractivity (Wildman–Crippen MR) is 60.4 cm³/mol. The van der Waals surface area contributed by atoms with E-state index in [1.54, 1.807) is 0 Å². The van der Waals surface area contributed by atoms with Crippen molar-refractivity contribution < 1.29 is 14.7 Å². The maximum Gasteiger partial charge on any atom is 0.326 e. The Hall–Kier alpha value is -1.98. The topological polar surface area (TPSA) is 92.2 Å². The Kier molecular flexibility index (Phi) is 4.56. The summed E-state index contributed by atoms with van der Waals surface area (Å²) < 4.78 is 0. The lowest BCUT2D eigenvalue weighted by atomic mass is 10.0. The van der Waals surface area contributed by atoms with Crippen LogP contribution >= 0.6 is 0 Å². The van der Waals surface area contributed by atoms with Gasteiger partial charge in [0.25, 0.3) is 5.91 Å². The maximum absolute atomic E-state index is 11.7. The van der Waals surface area contributed by atoms with Crippen molar-refractivity contribution in [3.05, 3.63) is 24.3 Å². The first-order valence-corrected chi connectivity index (χ1v) is 5.29. The Balaban J connectivity index is 2.68. The highest BCUT2D eigenvalue weighted by molar-refractivity contribution is 5.96. The lowest BCUT2D eigenvalue weighted by Crippen LogP contribution is -2.41. The average Bonchev–Trinajstić information content (AvgIpc) is 2.28. The van der Waals surface area contributed by atoms with E-state index in [-0.39, 0.29) is 11.5 Å². The van der Waals surface area contributed by atoms with Crippen molar-refractivity contribution in [2.75, 3.05) is 0 Å². The molecule has 2 N–H and O–H groups in total. The van der Waals surface area contributed by atoms with E-state index < -0.39 is 17.9 Å². The third kappa shape index (κ3) is 4.18. The van der Waals surface area contributed by atoms with Gasteiger partial charge in [-0.3, -0.25) is 4.79 Å². The summed E-state index contributed by atoms with van der Waals surface area (Å²) in [7, 11) is 0. The molecule has 1 rings (SSSR count). The van der Waals surface area contributed by atoms with Crippen LogP contribution in [0.3, 0.4) is 0 Å². The number of aliphatic carboxylic acids is 1. The summed E-state index contributed by atoms with van der Waals surface area (Å²) in [5, 5.41) is 11.4. The number of carboxylic acid groups (broad SMARTS) is 1. The fraction of sp³-hybridized carbons (Fsp3) is 0.455. The lowest BCUT2D eigenvalue weighted by Gasteiger charge is -2.16. The number of carbonyl (C=O) groups is 2. The molecular formula is C11H15N3O3. The molecule has 1 heterocycles. The number of nitrogens with zero attached hydrogens (tertiary/aromatic N) is 2. The van der Waals surface area contributed by atoms with Gasteiger partial charge in [0, 0.05) is 12.4 Å². The summed E-state index contributed by atoms with van der Waals surface area (Å²) in [6, 6.07) is -0.886. The summed E-state index contributed by atoms with van der Waals surface area (Å²) in [5.74, 6) is -1.33. The molecule has 0 bridgehead atoms. The predicted octanol–water partition coefficient (Wildman–Crippen LogP) is 0.706. The Morgan fingerprint density at radius 1 is 1.35 bits per heavy atom. The summed E-state index contributed by atoms with van der Waals surface area (Å²) in [6.45, 7) is 3.79.